The summed E-state index contributed by atoms with van der Waals surface area (Å²) in [5.74, 6) is 0.172. The van der Waals surface area contributed by atoms with E-state index >= 15 is 0 Å². The number of hydrogen-bond donors (Lipinski definition) is 1. The number of amides is 1. The number of nitro benzene ring substituents is 1. The Balaban J connectivity index is 1.67. The molecule has 1 N–H and O–H groups in total. The van der Waals surface area contributed by atoms with Gasteiger partial charge in [-0.05, 0) is 39.9 Å². The number of nitro groups is 1. The van der Waals surface area contributed by atoms with E-state index in [2.05, 4.69) is 21.2 Å². The molecule has 1 fully saturated rings. The first kappa shape index (κ1) is 14.7. The summed E-state index contributed by atoms with van der Waals surface area (Å²) in [5.41, 5.74) is 1.71. The lowest BCUT2D eigenvalue weighted by molar-refractivity contribution is -0.384. The van der Waals surface area contributed by atoms with E-state index in [0.29, 0.717) is 10.2 Å². The van der Waals surface area contributed by atoms with Gasteiger partial charge in [0, 0.05) is 22.5 Å². The SMILES string of the molecule is O=C(Nc1ccc([N+](=O)[O-])cc1Br)[C@@H]1C[C@H]1c1ccccc1. The molecule has 5 nitrogen and oxygen atoms in total. The molecule has 0 saturated heterocycles. The molecule has 0 heterocycles. The minimum absolute atomic E-state index is 0.0153. The average molecular weight is 361 g/mol. The first-order valence-corrected chi connectivity index (χ1v) is 7.65. The van der Waals surface area contributed by atoms with Crippen molar-refractivity contribution in [3.8, 4) is 0 Å². The smallest absolute Gasteiger partial charge is 0.270 e. The number of rotatable bonds is 4. The summed E-state index contributed by atoms with van der Waals surface area (Å²) in [6, 6.07) is 14.2. The van der Waals surface area contributed by atoms with E-state index in [-0.39, 0.29) is 23.4 Å². The second kappa shape index (κ2) is 5.88. The maximum atomic E-state index is 12.3. The highest BCUT2D eigenvalue weighted by molar-refractivity contribution is 9.10. The van der Waals surface area contributed by atoms with Crippen molar-refractivity contribution >= 4 is 33.2 Å². The number of halogens is 1. The van der Waals surface area contributed by atoms with Gasteiger partial charge in [-0.3, -0.25) is 14.9 Å². The summed E-state index contributed by atoms with van der Waals surface area (Å²) in [5, 5.41) is 13.5. The Hall–Kier alpha value is -2.21. The molecule has 2 aromatic rings. The van der Waals surface area contributed by atoms with E-state index in [0.717, 1.165) is 6.42 Å². The van der Waals surface area contributed by atoms with Crippen LogP contribution in [0, 0.1) is 16.0 Å². The van der Waals surface area contributed by atoms with Crippen LogP contribution >= 0.6 is 15.9 Å². The van der Waals surface area contributed by atoms with Crippen molar-refractivity contribution in [3.63, 3.8) is 0 Å². The minimum Gasteiger partial charge on any atom is -0.325 e. The zero-order valence-electron chi connectivity index (χ0n) is 11.5. The van der Waals surface area contributed by atoms with Crippen molar-refractivity contribution in [2.24, 2.45) is 5.92 Å². The van der Waals surface area contributed by atoms with E-state index in [1.54, 1.807) is 6.07 Å². The molecule has 0 aromatic heterocycles. The van der Waals surface area contributed by atoms with Crippen molar-refractivity contribution in [2.45, 2.75) is 12.3 Å². The van der Waals surface area contributed by atoms with Crippen LogP contribution in [0.15, 0.2) is 53.0 Å². The number of benzene rings is 2. The third-order valence-electron chi connectivity index (χ3n) is 3.78. The van der Waals surface area contributed by atoms with Gasteiger partial charge in [0.25, 0.3) is 5.69 Å². The zero-order chi connectivity index (χ0) is 15.7. The number of hydrogen-bond acceptors (Lipinski definition) is 3. The topological polar surface area (TPSA) is 72.2 Å². The molecule has 0 spiro atoms. The number of carbonyl (C=O) groups is 1. The van der Waals surface area contributed by atoms with E-state index in [4.69, 9.17) is 0 Å². The first-order valence-electron chi connectivity index (χ1n) is 6.86. The van der Waals surface area contributed by atoms with E-state index in [1.807, 2.05) is 30.3 Å². The highest BCUT2D eigenvalue weighted by atomic mass is 79.9. The fourth-order valence-electron chi connectivity index (χ4n) is 2.50. The van der Waals surface area contributed by atoms with E-state index in [1.165, 1.54) is 17.7 Å². The molecular formula is C16H13BrN2O3. The predicted octanol–water partition coefficient (Wildman–Crippen LogP) is 4.10. The molecule has 2 atom stereocenters. The van der Waals surface area contributed by atoms with Crippen LogP contribution in [0.25, 0.3) is 0 Å². The average Bonchev–Trinajstić information content (AvgIpc) is 3.30. The van der Waals surface area contributed by atoms with Crippen LogP contribution in [0.3, 0.4) is 0 Å². The molecule has 1 saturated carbocycles. The molecule has 1 amide bonds. The normalized spacial score (nSPS) is 19.5. The highest BCUT2D eigenvalue weighted by Crippen LogP contribution is 2.48. The highest BCUT2D eigenvalue weighted by Gasteiger charge is 2.43. The summed E-state index contributed by atoms with van der Waals surface area (Å²) < 4.78 is 0.506. The second-order valence-electron chi connectivity index (χ2n) is 5.27. The quantitative estimate of drug-likeness (QED) is 0.658. The molecule has 2 aromatic carbocycles. The number of nitrogens with one attached hydrogen (secondary N) is 1. The molecule has 6 heteroatoms. The maximum absolute atomic E-state index is 12.3. The third kappa shape index (κ3) is 3.01. The standard InChI is InChI=1S/C16H13BrN2O3/c17-14-8-11(19(21)22)6-7-15(14)18-16(20)13-9-12(13)10-4-2-1-3-5-10/h1-8,12-13H,9H2,(H,18,20)/t12-,13+/m0/s1. The summed E-state index contributed by atoms with van der Waals surface area (Å²) in [7, 11) is 0. The van der Waals surface area contributed by atoms with Crippen molar-refractivity contribution in [3.05, 3.63) is 68.7 Å². The van der Waals surface area contributed by atoms with E-state index < -0.39 is 4.92 Å². The van der Waals surface area contributed by atoms with Gasteiger partial charge in [0.15, 0.2) is 0 Å². The van der Waals surface area contributed by atoms with Crippen molar-refractivity contribution in [1.82, 2.24) is 0 Å². The third-order valence-corrected chi connectivity index (χ3v) is 4.43. The van der Waals surface area contributed by atoms with Crippen LogP contribution in [0.5, 0.6) is 0 Å². The zero-order valence-corrected chi connectivity index (χ0v) is 13.1. The lowest BCUT2D eigenvalue weighted by atomic mass is 10.1. The van der Waals surface area contributed by atoms with Crippen LogP contribution in [0.4, 0.5) is 11.4 Å². The molecule has 1 aliphatic rings. The number of anilines is 1. The number of nitrogens with zero attached hydrogens (tertiary/aromatic N) is 1. The molecule has 0 radical (unpaired) electrons. The van der Waals surface area contributed by atoms with Crippen LogP contribution in [-0.2, 0) is 4.79 Å². The number of non-ortho nitro benzene ring substituents is 1. The van der Waals surface area contributed by atoms with Gasteiger partial charge in [-0.1, -0.05) is 30.3 Å². The van der Waals surface area contributed by atoms with Gasteiger partial charge in [0.05, 0.1) is 10.6 Å². The molecule has 0 bridgehead atoms. The summed E-state index contributed by atoms with van der Waals surface area (Å²) in [4.78, 5) is 22.5. The van der Waals surface area contributed by atoms with Gasteiger partial charge in [0.1, 0.15) is 0 Å². The summed E-state index contributed by atoms with van der Waals surface area (Å²) in [6.45, 7) is 0. The largest absolute Gasteiger partial charge is 0.325 e. The van der Waals surface area contributed by atoms with Crippen LogP contribution in [0.1, 0.15) is 17.9 Å². The van der Waals surface area contributed by atoms with Gasteiger partial charge in [-0.25, -0.2) is 0 Å². The number of carbonyl (C=O) groups excluding carboxylic acids is 1. The Morgan fingerprint density at radius 1 is 1.23 bits per heavy atom. The van der Waals surface area contributed by atoms with Crippen molar-refractivity contribution < 1.29 is 9.72 Å². The molecule has 112 valence electrons. The van der Waals surface area contributed by atoms with Gasteiger partial charge in [-0.15, -0.1) is 0 Å². The molecule has 0 aliphatic heterocycles. The van der Waals surface area contributed by atoms with E-state index in [9.17, 15) is 14.9 Å². The van der Waals surface area contributed by atoms with Gasteiger partial charge < -0.3 is 5.32 Å². The maximum Gasteiger partial charge on any atom is 0.270 e. The lowest BCUT2D eigenvalue weighted by Gasteiger charge is -2.07. The summed E-state index contributed by atoms with van der Waals surface area (Å²) in [6.07, 6.45) is 0.834. The van der Waals surface area contributed by atoms with Crippen LogP contribution < -0.4 is 5.32 Å². The predicted molar refractivity (Wildman–Crippen MR) is 86.7 cm³/mol. The first-order chi connectivity index (χ1) is 10.6. The Labute approximate surface area is 135 Å². The monoisotopic (exact) mass is 360 g/mol. The second-order valence-corrected chi connectivity index (χ2v) is 6.12. The molecular weight excluding hydrogens is 348 g/mol. The molecule has 22 heavy (non-hydrogen) atoms. The fourth-order valence-corrected chi connectivity index (χ4v) is 2.96. The summed E-state index contributed by atoms with van der Waals surface area (Å²) >= 11 is 3.25. The van der Waals surface area contributed by atoms with Gasteiger partial charge in [0.2, 0.25) is 5.91 Å². The van der Waals surface area contributed by atoms with Crippen molar-refractivity contribution in [1.29, 1.82) is 0 Å². The Bertz CT molecular complexity index is 733. The van der Waals surface area contributed by atoms with Gasteiger partial charge >= 0.3 is 0 Å². The van der Waals surface area contributed by atoms with Crippen LogP contribution in [0.2, 0.25) is 0 Å². The minimum atomic E-state index is -0.470. The molecule has 1 aliphatic carbocycles. The van der Waals surface area contributed by atoms with Gasteiger partial charge in [-0.2, -0.15) is 0 Å². The van der Waals surface area contributed by atoms with Crippen LogP contribution in [-0.4, -0.2) is 10.8 Å². The Kier molecular flexibility index (Phi) is 3.94. The molecule has 0 unspecified atom stereocenters. The van der Waals surface area contributed by atoms with Crippen molar-refractivity contribution in [2.75, 3.05) is 5.32 Å². The Morgan fingerprint density at radius 2 is 1.95 bits per heavy atom. The lowest BCUT2D eigenvalue weighted by Crippen LogP contribution is -2.15. The fraction of sp³-hybridized carbons (Fsp3) is 0.188. The molecule has 3 rings (SSSR count). The Morgan fingerprint density at radius 3 is 2.59 bits per heavy atom.